The number of hydrogen-bond donors (Lipinski definition) is 3. The Bertz CT molecular complexity index is 575. The first-order valence-corrected chi connectivity index (χ1v) is 10.7. The highest BCUT2D eigenvalue weighted by Gasteiger charge is 2.41. The normalized spacial score (nSPS) is 20.0. The Morgan fingerprint density at radius 2 is 1.72 bits per heavy atom. The third-order valence-electron chi connectivity index (χ3n) is 6.28. The van der Waals surface area contributed by atoms with Gasteiger partial charge in [-0.1, -0.05) is 47.0 Å². The molecule has 0 radical (unpaired) electrons. The van der Waals surface area contributed by atoms with E-state index in [-0.39, 0.29) is 36.1 Å². The third-order valence-corrected chi connectivity index (χ3v) is 6.28. The third kappa shape index (κ3) is 6.40. The van der Waals surface area contributed by atoms with Crippen LogP contribution in [0.5, 0.6) is 0 Å². The molecule has 3 amide bonds. The fourth-order valence-electron chi connectivity index (χ4n) is 4.18. The lowest BCUT2D eigenvalue weighted by molar-refractivity contribution is -0.144. The number of nitrogens with two attached hydrogens (primary N) is 2. The summed E-state index contributed by atoms with van der Waals surface area (Å²) in [5.74, 6) is -1.00. The lowest BCUT2D eigenvalue weighted by Gasteiger charge is -2.40. The molecule has 1 rings (SSSR count). The second kappa shape index (κ2) is 10.9. The van der Waals surface area contributed by atoms with E-state index < -0.39 is 23.6 Å². The molecule has 0 aliphatic heterocycles. The Morgan fingerprint density at radius 1 is 1.17 bits per heavy atom. The van der Waals surface area contributed by atoms with Crippen molar-refractivity contribution in [3.8, 4) is 0 Å². The fourth-order valence-corrected chi connectivity index (χ4v) is 4.18. The lowest BCUT2D eigenvalue weighted by Crippen LogP contribution is -2.61. The van der Waals surface area contributed by atoms with Crippen LogP contribution < -0.4 is 16.8 Å². The number of nitrogens with zero attached hydrogens (tertiary/aromatic N) is 1. The van der Waals surface area contributed by atoms with Crippen molar-refractivity contribution in [1.29, 1.82) is 0 Å². The second-order valence-corrected chi connectivity index (χ2v) is 8.83. The number of methoxy groups -OCH3 is 1. The van der Waals surface area contributed by atoms with Crippen LogP contribution in [0.1, 0.15) is 66.2 Å². The minimum absolute atomic E-state index is 0.0216. The Balaban J connectivity index is 3.07. The highest BCUT2D eigenvalue weighted by Crippen LogP contribution is 2.28. The van der Waals surface area contributed by atoms with Crippen LogP contribution in [0, 0.1) is 11.8 Å². The van der Waals surface area contributed by atoms with E-state index in [0.29, 0.717) is 12.8 Å². The maximum absolute atomic E-state index is 13.4. The molecule has 168 valence electrons. The molecule has 1 saturated carbocycles. The molecule has 0 bridgehead atoms. The van der Waals surface area contributed by atoms with Gasteiger partial charge < -0.3 is 26.4 Å². The number of ether oxygens (including phenoxy) is 1. The zero-order valence-corrected chi connectivity index (χ0v) is 18.9. The molecule has 1 fully saturated rings. The Hall–Kier alpha value is -1.67. The van der Waals surface area contributed by atoms with Crippen molar-refractivity contribution < 1.29 is 19.1 Å². The summed E-state index contributed by atoms with van der Waals surface area (Å²) in [4.78, 5) is 39.3. The largest absolute Gasteiger partial charge is 0.379 e. The molecule has 4 atom stereocenters. The van der Waals surface area contributed by atoms with E-state index in [0.717, 1.165) is 19.3 Å². The smallest absolute Gasteiger partial charge is 0.245 e. The molecule has 1 aliphatic rings. The molecule has 0 spiro atoms. The first-order chi connectivity index (χ1) is 13.5. The Kier molecular flexibility index (Phi) is 9.55. The molecule has 8 heteroatoms. The van der Waals surface area contributed by atoms with Crippen LogP contribution in [0.4, 0.5) is 0 Å². The van der Waals surface area contributed by atoms with Crippen molar-refractivity contribution in [2.75, 3.05) is 14.2 Å². The van der Waals surface area contributed by atoms with Crippen LogP contribution in [0.15, 0.2) is 0 Å². The van der Waals surface area contributed by atoms with Gasteiger partial charge in [-0.2, -0.15) is 0 Å². The van der Waals surface area contributed by atoms with Crippen LogP contribution in [0.2, 0.25) is 0 Å². The standard InChI is InChI=1S/C21H40N4O4/c1-7-14(4)18(15(29-6)12-16(22)26)25(5)19(27)17(13(2)3)24-20(28)21(23)10-8-9-11-21/h13-15,17-18H,7-12,23H2,1-6H3,(H2,22,26)(H,24,28)/t14-,15+,17-,18-/m0/s1. The highest BCUT2D eigenvalue weighted by atomic mass is 16.5. The highest BCUT2D eigenvalue weighted by molar-refractivity contribution is 5.92. The zero-order valence-electron chi connectivity index (χ0n) is 18.9. The molecule has 1 aliphatic carbocycles. The SMILES string of the molecule is CC[C@H](C)[C@@H]([C@@H](CC(N)=O)OC)N(C)C(=O)[C@@H](NC(=O)C1(N)CCCC1)C(C)C. The predicted octanol–water partition coefficient (Wildman–Crippen LogP) is 1.16. The van der Waals surface area contributed by atoms with Gasteiger partial charge in [-0.15, -0.1) is 0 Å². The van der Waals surface area contributed by atoms with Crippen molar-refractivity contribution >= 4 is 17.7 Å². The van der Waals surface area contributed by atoms with Gasteiger partial charge in [-0.25, -0.2) is 0 Å². The van der Waals surface area contributed by atoms with Crippen molar-refractivity contribution in [3.05, 3.63) is 0 Å². The molecule has 0 aromatic rings. The molecular formula is C21H40N4O4. The summed E-state index contributed by atoms with van der Waals surface area (Å²) in [6.07, 6.45) is 3.40. The van der Waals surface area contributed by atoms with E-state index in [1.807, 2.05) is 27.7 Å². The Labute approximate surface area is 175 Å². The van der Waals surface area contributed by atoms with Crippen molar-refractivity contribution in [2.45, 2.75) is 89.9 Å². The van der Waals surface area contributed by atoms with Gasteiger partial charge in [0.25, 0.3) is 0 Å². The minimum atomic E-state index is -0.900. The maximum Gasteiger partial charge on any atom is 0.245 e. The summed E-state index contributed by atoms with van der Waals surface area (Å²) < 4.78 is 5.53. The number of carbonyl (C=O) groups excluding carboxylic acids is 3. The number of nitrogens with one attached hydrogen (secondary N) is 1. The lowest BCUT2D eigenvalue weighted by atomic mass is 9.89. The van der Waals surface area contributed by atoms with Gasteiger partial charge in [0.05, 0.1) is 24.1 Å². The van der Waals surface area contributed by atoms with E-state index in [2.05, 4.69) is 5.32 Å². The fraction of sp³-hybridized carbons (Fsp3) is 0.857. The van der Waals surface area contributed by atoms with Crippen molar-refractivity contribution in [3.63, 3.8) is 0 Å². The number of hydrogen-bond acceptors (Lipinski definition) is 5. The monoisotopic (exact) mass is 412 g/mol. The topological polar surface area (TPSA) is 128 Å². The molecule has 0 saturated heterocycles. The Morgan fingerprint density at radius 3 is 2.14 bits per heavy atom. The number of amides is 3. The van der Waals surface area contributed by atoms with Gasteiger partial charge in [0.1, 0.15) is 6.04 Å². The number of likely N-dealkylation sites (N-methyl/N-ethyl adjacent to an activating group) is 1. The van der Waals surface area contributed by atoms with E-state index in [4.69, 9.17) is 16.2 Å². The maximum atomic E-state index is 13.4. The van der Waals surface area contributed by atoms with Crippen molar-refractivity contribution in [1.82, 2.24) is 10.2 Å². The summed E-state index contributed by atoms with van der Waals surface area (Å²) in [6.45, 7) is 7.82. The van der Waals surface area contributed by atoms with Crippen LogP contribution in [-0.4, -0.2) is 60.5 Å². The molecule has 29 heavy (non-hydrogen) atoms. The average molecular weight is 413 g/mol. The van der Waals surface area contributed by atoms with Gasteiger partial charge in [0.2, 0.25) is 17.7 Å². The number of rotatable bonds is 11. The predicted molar refractivity (Wildman–Crippen MR) is 113 cm³/mol. The average Bonchev–Trinajstić information content (AvgIpc) is 3.11. The summed E-state index contributed by atoms with van der Waals surface area (Å²) >= 11 is 0. The van der Waals surface area contributed by atoms with Crippen LogP contribution in [0.3, 0.4) is 0 Å². The first-order valence-electron chi connectivity index (χ1n) is 10.7. The summed E-state index contributed by atoms with van der Waals surface area (Å²) in [6, 6.07) is -1.05. The van der Waals surface area contributed by atoms with Gasteiger partial charge in [0, 0.05) is 14.2 Å². The van der Waals surface area contributed by atoms with Crippen LogP contribution in [-0.2, 0) is 19.1 Å². The van der Waals surface area contributed by atoms with E-state index in [9.17, 15) is 14.4 Å². The van der Waals surface area contributed by atoms with Gasteiger partial charge in [-0.05, 0) is 24.7 Å². The van der Waals surface area contributed by atoms with Gasteiger partial charge >= 0.3 is 0 Å². The summed E-state index contributed by atoms with van der Waals surface area (Å²) in [5.41, 5.74) is 10.8. The molecule has 0 unspecified atom stereocenters. The molecule has 0 aromatic heterocycles. The van der Waals surface area contributed by atoms with Crippen molar-refractivity contribution in [2.24, 2.45) is 23.3 Å². The summed E-state index contributed by atoms with van der Waals surface area (Å²) in [5, 5.41) is 2.90. The molecule has 5 N–H and O–H groups in total. The first kappa shape index (κ1) is 25.4. The number of primary amides is 1. The van der Waals surface area contributed by atoms with Gasteiger partial charge in [0.15, 0.2) is 0 Å². The second-order valence-electron chi connectivity index (χ2n) is 8.83. The van der Waals surface area contributed by atoms with E-state index in [1.165, 1.54) is 7.11 Å². The minimum Gasteiger partial charge on any atom is -0.379 e. The summed E-state index contributed by atoms with van der Waals surface area (Å²) in [7, 11) is 3.21. The quantitative estimate of drug-likeness (QED) is 0.469. The van der Waals surface area contributed by atoms with E-state index in [1.54, 1.807) is 11.9 Å². The van der Waals surface area contributed by atoms with Crippen LogP contribution >= 0.6 is 0 Å². The zero-order chi connectivity index (χ0) is 22.4. The number of carbonyl (C=O) groups is 3. The molecule has 8 nitrogen and oxygen atoms in total. The van der Waals surface area contributed by atoms with Crippen LogP contribution in [0.25, 0.3) is 0 Å². The van der Waals surface area contributed by atoms with Gasteiger partial charge in [-0.3, -0.25) is 14.4 Å². The molecular weight excluding hydrogens is 372 g/mol. The molecule has 0 heterocycles. The molecule has 0 aromatic carbocycles. The van der Waals surface area contributed by atoms with E-state index >= 15 is 0 Å².